The number of benzene rings is 2. The van der Waals surface area contributed by atoms with Crippen molar-refractivity contribution in [2.45, 2.75) is 12.2 Å². The van der Waals surface area contributed by atoms with Crippen LogP contribution in [0.5, 0.6) is 5.75 Å². The van der Waals surface area contributed by atoms with Gasteiger partial charge in [0, 0.05) is 0 Å². The molecule has 0 radical (unpaired) electrons. The van der Waals surface area contributed by atoms with E-state index in [4.69, 9.17) is 4.74 Å². The van der Waals surface area contributed by atoms with Gasteiger partial charge in [-0.25, -0.2) is 0 Å². The summed E-state index contributed by atoms with van der Waals surface area (Å²) in [6, 6.07) is 10.6. The van der Waals surface area contributed by atoms with E-state index in [2.05, 4.69) is 21.2 Å². The van der Waals surface area contributed by atoms with Gasteiger partial charge in [-0.15, -0.1) is 0 Å². The number of anilines is 1. The van der Waals surface area contributed by atoms with E-state index in [1.165, 1.54) is 12.1 Å². The van der Waals surface area contributed by atoms with Crippen LogP contribution in [-0.2, 0) is 6.18 Å². The van der Waals surface area contributed by atoms with Crippen LogP contribution >= 0.6 is 15.9 Å². The van der Waals surface area contributed by atoms with Crippen LogP contribution in [0.25, 0.3) is 0 Å². The summed E-state index contributed by atoms with van der Waals surface area (Å²) in [5.41, 5.74) is 0.931. The zero-order valence-electron chi connectivity index (χ0n) is 10.7. The zero-order chi connectivity index (χ0) is 15.0. The van der Waals surface area contributed by atoms with E-state index >= 15 is 0 Å². The summed E-state index contributed by atoms with van der Waals surface area (Å²) in [7, 11) is 0. The minimum atomic E-state index is -4.31. The highest BCUT2D eigenvalue weighted by Crippen LogP contribution is 2.39. The van der Waals surface area contributed by atoms with Gasteiger partial charge in [0.2, 0.25) is 0 Å². The van der Waals surface area contributed by atoms with Crippen molar-refractivity contribution < 1.29 is 17.9 Å². The fourth-order valence-electron chi connectivity index (χ4n) is 2.25. The molecule has 0 fully saturated rings. The fourth-order valence-corrected chi connectivity index (χ4v) is 2.73. The molecule has 110 valence electrons. The fraction of sp³-hybridized carbons (Fsp3) is 0.200. The molecule has 2 nitrogen and oxygen atoms in total. The van der Waals surface area contributed by atoms with Crippen LogP contribution < -0.4 is 10.1 Å². The van der Waals surface area contributed by atoms with Crippen molar-refractivity contribution in [3.05, 3.63) is 58.1 Å². The Kier molecular flexibility index (Phi) is 3.57. The summed E-state index contributed by atoms with van der Waals surface area (Å²) >= 11 is 3.40. The Labute approximate surface area is 128 Å². The summed E-state index contributed by atoms with van der Waals surface area (Å²) in [6.07, 6.45) is -4.31. The SMILES string of the molecule is FC(F)(F)c1ccc(C2COc3c(Br)cccc3N2)cc1. The van der Waals surface area contributed by atoms with Crippen LogP contribution in [-0.4, -0.2) is 6.61 Å². The zero-order valence-corrected chi connectivity index (χ0v) is 12.3. The van der Waals surface area contributed by atoms with Gasteiger partial charge in [-0.3, -0.25) is 0 Å². The van der Waals surface area contributed by atoms with E-state index in [1.807, 2.05) is 18.2 Å². The molecule has 0 amide bonds. The number of alkyl halides is 3. The van der Waals surface area contributed by atoms with Crippen molar-refractivity contribution >= 4 is 21.6 Å². The third kappa shape index (κ3) is 2.85. The summed E-state index contributed by atoms with van der Waals surface area (Å²) in [4.78, 5) is 0. The van der Waals surface area contributed by atoms with Crippen LogP contribution in [0.1, 0.15) is 17.2 Å². The lowest BCUT2D eigenvalue weighted by atomic mass is 10.0. The Hall–Kier alpha value is -1.69. The van der Waals surface area contributed by atoms with Gasteiger partial charge in [0.15, 0.2) is 5.75 Å². The molecule has 1 aliphatic heterocycles. The van der Waals surface area contributed by atoms with Gasteiger partial charge < -0.3 is 10.1 Å². The predicted octanol–water partition coefficient (Wildman–Crippen LogP) is 5.01. The number of para-hydroxylation sites is 1. The quantitative estimate of drug-likeness (QED) is 0.774. The van der Waals surface area contributed by atoms with E-state index in [-0.39, 0.29) is 6.04 Å². The Balaban J connectivity index is 1.83. The standard InChI is InChI=1S/C15H11BrF3NO/c16-11-2-1-3-12-14(11)21-8-13(20-12)9-4-6-10(7-5-9)15(17,18)19/h1-7,13,20H,8H2. The van der Waals surface area contributed by atoms with Crippen molar-refractivity contribution in [2.24, 2.45) is 0 Å². The molecule has 2 aromatic rings. The maximum Gasteiger partial charge on any atom is 0.416 e. The Morgan fingerprint density at radius 3 is 2.48 bits per heavy atom. The average Bonchev–Trinajstić information content (AvgIpc) is 2.46. The van der Waals surface area contributed by atoms with Gasteiger partial charge in [-0.2, -0.15) is 13.2 Å². The number of rotatable bonds is 1. The summed E-state index contributed by atoms with van der Waals surface area (Å²) in [5.74, 6) is 0.723. The van der Waals surface area contributed by atoms with E-state index < -0.39 is 11.7 Å². The van der Waals surface area contributed by atoms with Gasteiger partial charge in [0.1, 0.15) is 6.61 Å². The molecule has 1 N–H and O–H groups in total. The van der Waals surface area contributed by atoms with Gasteiger partial charge in [0.25, 0.3) is 0 Å². The summed E-state index contributed by atoms with van der Waals surface area (Å²) in [5, 5.41) is 3.28. The molecule has 0 spiro atoms. The van der Waals surface area contributed by atoms with Crippen molar-refractivity contribution in [1.82, 2.24) is 0 Å². The van der Waals surface area contributed by atoms with Gasteiger partial charge in [-0.05, 0) is 45.8 Å². The maximum atomic E-state index is 12.6. The molecule has 21 heavy (non-hydrogen) atoms. The molecule has 1 unspecified atom stereocenters. The van der Waals surface area contributed by atoms with Gasteiger partial charge in [-0.1, -0.05) is 18.2 Å². The highest BCUT2D eigenvalue weighted by Gasteiger charge is 2.30. The second-order valence-electron chi connectivity index (χ2n) is 4.74. The van der Waals surface area contributed by atoms with Crippen molar-refractivity contribution in [3.63, 3.8) is 0 Å². The highest BCUT2D eigenvalue weighted by atomic mass is 79.9. The first kappa shape index (κ1) is 14.3. The Bertz CT molecular complexity index is 655. The topological polar surface area (TPSA) is 21.3 Å². The number of hydrogen-bond donors (Lipinski definition) is 1. The molecule has 3 rings (SSSR count). The third-order valence-electron chi connectivity index (χ3n) is 3.33. The minimum absolute atomic E-state index is 0.172. The number of halogens is 4. The van der Waals surface area contributed by atoms with E-state index in [9.17, 15) is 13.2 Å². The molecular formula is C15H11BrF3NO. The molecule has 1 aliphatic rings. The van der Waals surface area contributed by atoms with E-state index in [0.717, 1.165) is 33.6 Å². The van der Waals surface area contributed by atoms with E-state index in [1.54, 1.807) is 0 Å². The molecule has 0 saturated heterocycles. The van der Waals surface area contributed by atoms with Crippen molar-refractivity contribution in [3.8, 4) is 5.75 Å². The minimum Gasteiger partial charge on any atom is -0.488 e. The predicted molar refractivity (Wildman–Crippen MR) is 77.4 cm³/mol. The lowest BCUT2D eigenvalue weighted by Crippen LogP contribution is -2.24. The number of hydrogen-bond acceptors (Lipinski definition) is 2. The molecule has 2 aromatic carbocycles. The van der Waals surface area contributed by atoms with Crippen LogP contribution in [0, 0.1) is 0 Å². The normalized spacial score (nSPS) is 17.6. The molecule has 0 bridgehead atoms. The second-order valence-corrected chi connectivity index (χ2v) is 5.60. The molecule has 0 aromatic heterocycles. The van der Waals surface area contributed by atoms with Crippen LogP contribution in [0.15, 0.2) is 46.9 Å². The summed E-state index contributed by atoms with van der Waals surface area (Å²) in [6.45, 7) is 0.362. The number of fused-ring (bicyclic) bond motifs is 1. The third-order valence-corrected chi connectivity index (χ3v) is 3.96. The molecule has 1 atom stereocenters. The molecule has 6 heteroatoms. The Morgan fingerprint density at radius 2 is 1.81 bits per heavy atom. The lowest BCUT2D eigenvalue weighted by molar-refractivity contribution is -0.137. The second kappa shape index (κ2) is 5.26. The first-order chi connectivity index (χ1) is 9.95. The van der Waals surface area contributed by atoms with Crippen LogP contribution in [0.4, 0.5) is 18.9 Å². The number of ether oxygens (including phenoxy) is 1. The molecule has 1 heterocycles. The number of nitrogens with one attached hydrogen (secondary N) is 1. The van der Waals surface area contributed by atoms with Gasteiger partial charge in [0.05, 0.1) is 21.8 Å². The van der Waals surface area contributed by atoms with E-state index in [0.29, 0.717) is 6.61 Å². The smallest absolute Gasteiger partial charge is 0.416 e. The highest BCUT2D eigenvalue weighted by molar-refractivity contribution is 9.10. The van der Waals surface area contributed by atoms with Crippen molar-refractivity contribution in [1.29, 1.82) is 0 Å². The maximum absolute atomic E-state index is 12.6. The monoisotopic (exact) mass is 357 g/mol. The van der Waals surface area contributed by atoms with Crippen molar-refractivity contribution in [2.75, 3.05) is 11.9 Å². The Morgan fingerprint density at radius 1 is 1.10 bits per heavy atom. The summed E-state index contributed by atoms with van der Waals surface area (Å²) < 4.78 is 44.2. The molecule has 0 saturated carbocycles. The van der Waals surface area contributed by atoms with Crippen LogP contribution in [0.3, 0.4) is 0 Å². The lowest BCUT2D eigenvalue weighted by Gasteiger charge is -2.28. The average molecular weight is 358 g/mol. The van der Waals surface area contributed by atoms with Gasteiger partial charge >= 0.3 is 6.18 Å². The molecular weight excluding hydrogens is 347 g/mol. The molecule has 0 aliphatic carbocycles. The van der Waals surface area contributed by atoms with Crippen LogP contribution in [0.2, 0.25) is 0 Å². The first-order valence-electron chi connectivity index (χ1n) is 6.30. The first-order valence-corrected chi connectivity index (χ1v) is 7.09. The largest absolute Gasteiger partial charge is 0.488 e.